The van der Waals surface area contributed by atoms with E-state index in [1.807, 2.05) is 63.2 Å². The summed E-state index contributed by atoms with van der Waals surface area (Å²) >= 11 is 0. The molecule has 7 nitrogen and oxygen atoms in total. The summed E-state index contributed by atoms with van der Waals surface area (Å²) in [5.74, 6) is 1.44. The van der Waals surface area contributed by atoms with Crippen molar-refractivity contribution < 1.29 is 23.8 Å². The summed E-state index contributed by atoms with van der Waals surface area (Å²) in [6, 6.07) is 30.2. The molecule has 4 aromatic rings. The van der Waals surface area contributed by atoms with Gasteiger partial charge in [0.15, 0.2) is 0 Å². The molecular weight excluding hydrogens is 564 g/mol. The Bertz CT molecular complexity index is 1580. The first-order chi connectivity index (χ1) is 21.6. The molecule has 0 radical (unpaired) electrons. The number of hydrogen-bond donors (Lipinski definition) is 2. The van der Waals surface area contributed by atoms with Gasteiger partial charge in [0.1, 0.15) is 30.3 Å². The van der Waals surface area contributed by atoms with Crippen LogP contribution in [0.2, 0.25) is 0 Å². The normalized spacial score (nSPS) is 11.0. The maximum atomic E-state index is 12.3. The van der Waals surface area contributed by atoms with Crippen LogP contribution in [-0.4, -0.2) is 24.1 Å². The fraction of sp³-hybridized carbons (Fsp3) is 0.316. The quantitative estimate of drug-likeness (QED) is 0.148. The molecule has 4 rings (SSSR count). The first-order valence-electron chi connectivity index (χ1n) is 15.4. The zero-order chi connectivity index (χ0) is 32.2. The van der Waals surface area contributed by atoms with E-state index in [0.717, 1.165) is 47.5 Å². The third-order valence-corrected chi connectivity index (χ3v) is 7.18. The van der Waals surface area contributed by atoms with E-state index in [2.05, 4.69) is 66.1 Å². The summed E-state index contributed by atoms with van der Waals surface area (Å²) in [4.78, 5) is 23.5. The van der Waals surface area contributed by atoms with Crippen molar-refractivity contribution in [1.29, 1.82) is 0 Å². The van der Waals surface area contributed by atoms with Crippen LogP contribution >= 0.6 is 0 Å². The number of carbonyl (C=O) groups is 2. The maximum absolute atomic E-state index is 12.3. The van der Waals surface area contributed by atoms with Crippen LogP contribution in [0.4, 0.5) is 10.5 Å². The van der Waals surface area contributed by atoms with E-state index in [1.165, 1.54) is 23.6 Å². The van der Waals surface area contributed by atoms with Gasteiger partial charge in [-0.15, -0.1) is 0 Å². The molecule has 0 spiro atoms. The Kier molecular flexibility index (Phi) is 11.6. The molecule has 0 atom stereocenters. The van der Waals surface area contributed by atoms with Gasteiger partial charge in [-0.3, -0.25) is 10.1 Å². The first-order valence-corrected chi connectivity index (χ1v) is 15.4. The molecule has 236 valence electrons. The fourth-order valence-corrected chi connectivity index (χ4v) is 4.92. The second-order valence-corrected chi connectivity index (χ2v) is 12.1. The molecule has 4 aromatic carbocycles. The highest BCUT2D eigenvalue weighted by Gasteiger charge is 2.16. The van der Waals surface area contributed by atoms with Gasteiger partial charge in [0, 0.05) is 25.2 Å². The van der Waals surface area contributed by atoms with E-state index in [-0.39, 0.29) is 5.91 Å². The highest BCUT2D eigenvalue weighted by Crippen LogP contribution is 2.30. The predicted molar refractivity (Wildman–Crippen MR) is 180 cm³/mol. The van der Waals surface area contributed by atoms with E-state index in [0.29, 0.717) is 25.4 Å². The largest absolute Gasteiger partial charge is 0.489 e. The average molecular weight is 609 g/mol. The van der Waals surface area contributed by atoms with Crippen molar-refractivity contribution in [3.8, 4) is 22.6 Å². The molecule has 0 fully saturated rings. The number of nitrogens with one attached hydrogen (secondary N) is 2. The Morgan fingerprint density at radius 3 is 2.31 bits per heavy atom. The van der Waals surface area contributed by atoms with E-state index >= 15 is 0 Å². The molecule has 0 saturated carbocycles. The first kappa shape index (κ1) is 33.1. The highest BCUT2D eigenvalue weighted by atomic mass is 16.6. The third kappa shape index (κ3) is 10.7. The predicted octanol–water partition coefficient (Wildman–Crippen LogP) is 8.63. The smallest absolute Gasteiger partial charge is 0.412 e. The van der Waals surface area contributed by atoms with Crippen LogP contribution in [0.25, 0.3) is 11.1 Å². The van der Waals surface area contributed by atoms with Gasteiger partial charge in [-0.2, -0.15) is 0 Å². The lowest BCUT2D eigenvalue weighted by molar-refractivity contribution is -0.118. The van der Waals surface area contributed by atoms with E-state index in [4.69, 9.17) is 14.2 Å². The molecule has 0 aliphatic heterocycles. The van der Waals surface area contributed by atoms with Crippen molar-refractivity contribution in [2.24, 2.45) is 0 Å². The molecule has 2 amide bonds. The minimum absolute atomic E-state index is 0.0199. The Morgan fingerprint density at radius 1 is 0.778 bits per heavy atom. The Balaban J connectivity index is 1.47. The molecule has 0 aromatic heterocycles. The van der Waals surface area contributed by atoms with Gasteiger partial charge in [0.05, 0.1) is 0 Å². The lowest BCUT2D eigenvalue weighted by Gasteiger charge is -2.20. The summed E-state index contributed by atoms with van der Waals surface area (Å²) < 4.78 is 18.0. The SMILES string of the molecule is CC(=O)NCCCCc1ccc(OCc2cccc(-c3ccccc3)c2C)cc1OCc1cccc(NC(=O)OC(C)(C)C)c1. The van der Waals surface area contributed by atoms with Gasteiger partial charge < -0.3 is 19.5 Å². The molecule has 0 aliphatic rings. The molecular formula is C38H44N2O5. The minimum Gasteiger partial charge on any atom is -0.489 e. The summed E-state index contributed by atoms with van der Waals surface area (Å²) in [5, 5.41) is 5.65. The van der Waals surface area contributed by atoms with Crippen LogP contribution in [-0.2, 0) is 29.2 Å². The molecule has 7 heteroatoms. The molecule has 0 heterocycles. The number of unbranched alkanes of at least 4 members (excludes halogenated alkanes) is 1. The van der Waals surface area contributed by atoms with Crippen molar-refractivity contribution >= 4 is 17.7 Å². The van der Waals surface area contributed by atoms with Crippen LogP contribution in [0.1, 0.15) is 62.8 Å². The minimum atomic E-state index is -0.584. The van der Waals surface area contributed by atoms with Crippen LogP contribution in [0.3, 0.4) is 0 Å². The molecule has 2 N–H and O–H groups in total. The second-order valence-electron chi connectivity index (χ2n) is 12.1. The summed E-state index contributed by atoms with van der Waals surface area (Å²) in [5.41, 5.74) is 6.70. The van der Waals surface area contributed by atoms with Crippen LogP contribution < -0.4 is 20.1 Å². The standard InChI is InChI=1S/C38H44N2O5/c1-27-32(17-12-19-35(27)30-14-7-6-8-15-30)26-43-34-21-20-31(16-9-10-22-39-28(2)41)36(24-34)44-25-29-13-11-18-33(23-29)40-37(42)45-38(3,4)5/h6-8,11-15,17-21,23-24H,9-10,16,22,25-26H2,1-5H3,(H,39,41)(H,40,42). The fourth-order valence-electron chi connectivity index (χ4n) is 4.92. The molecule has 45 heavy (non-hydrogen) atoms. The number of amides is 2. The lowest BCUT2D eigenvalue weighted by atomic mass is 9.97. The highest BCUT2D eigenvalue weighted by molar-refractivity contribution is 5.85. The summed E-state index contributed by atoms with van der Waals surface area (Å²) in [6.45, 7) is 10.5. The Morgan fingerprint density at radius 2 is 1.56 bits per heavy atom. The number of aryl methyl sites for hydroxylation is 1. The molecule has 0 saturated heterocycles. The lowest BCUT2D eigenvalue weighted by Crippen LogP contribution is -2.27. The maximum Gasteiger partial charge on any atom is 0.412 e. The monoisotopic (exact) mass is 608 g/mol. The van der Waals surface area contributed by atoms with Crippen molar-refractivity contribution in [3.63, 3.8) is 0 Å². The number of benzene rings is 4. The van der Waals surface area contributed by atoms with Gasteiger partial charge in [-0.25, -0.2) is 4.79 Å². The van der Waals surface area contributed by atoms with Crippen molar-refractivity contribution in [2.45, 2.75) is 72.7 Å². The summed E-state index contributed by atoms with van der Waals surface area (Å²) in [6.07, 6.45) is 2.06. The average Bonchev–Trinajstić information content (AvgIpc) is 2.99. The number of anilines is 1. The van der Waals surface area contributed by atoms with E-state index in [1.54, 1.807) is 0 Å². The van der Waals surface area contributed by atoms with E-state index in [9.17, 15) is 9.59 Å². The second kappa shape index (κ2) is 15.8. The number of hydrogen-bond acceptors (Lipinski definition) is 5. The zero-order valence-corrected chi connectivity index (χ0v) is 26.9. The van der Waals surface area contributed by atoms with Crippen LogP contribution in [0.5, 0.6) is 11.5 Å². The summed E-state index contributed by atoms with van der Waals surface area (Å²) in [7, 11) is 0. The van der Waals surface area contributed by atoms with Crippen molar-refractivity contribution in [1.82, 2.24) is 5.32 Å². The molecule has 0 unspecified atom stereocenters. The van der Waals surface area contributed by atoms with Gasteiger partial charge in [0.25, 0.3) is 0 Å². The van der Waals surface area contributed by atoms with Gasteiger partial charge in [-0.1, -0.05) is 66.7 Å². The van der Waals surface area contributed by atoms with E-state index < -0.39 is 11.7 Å². The number of carbonyl (C=O) groups excluding carboxylic acids is 2. The van der Waals surface area contributed by atoms with Gasteiger partial charge >= 0.3 is 6.09 Å². The van der Waals surface area contributed by atoms with Crippen LogP contribution in [0.15, 0.2) is 91.0 Å². The van der Waals surface area contributed by atoms with Gasteiger partial charge in [0.2, 0.25) is 5.91 Å². The Hall–Kier alpha value is -4.78. The number of ether oxygens (including phenoxy) is 3. The van der Waals surface area contributed by atoms with Crippen LogP contribution in [0, 0.1) is 6.92 Å². The zero-order valence-electron chi connectivity index (χ0n) is 26.9. The number of rotatable bonds is 13. The van der Waals surface area contributed by atoms with Crippen molar-refractivity contribution in [3.05, 3.63) is 113 Å². The Labute approximate surface area is 266 Å². The third-order valence-electron chi connectivity index (χ3n) is 7.18. The van der Waals surface area contributed by atoms with Gasteiger partial charge in [-0.05, 0) is 98.5 Å². The van der Waals surface area contributed by atoms with Crippen molar-refractivity contribution in [2.75, 3.05) is 11.9 Å². The topological polar surface area (TPSA) is 85.9 Å². The molecule has 0 aliphatic carbocycles. The molecule has 0 bridgehead atoms.